The predicted octanol–water partition coefficient (Wildman–Crippen LogP) is 4.26. The summed E-state index contributed by atoms with van der Waals surface area (Å²) in [6, 6.07) is 3.60. The van der Waals surface area contributed by atoms with E-state index in [-0.39, 0.29) is 21.8 Å². The second-order valence-electron chi connectivity index (χ2n) is 8.70. The van der Waals surface area contributed by atoms with Crippen molar-refractivity contribution in [2.24, 2.45) is 0 Å². The lowest BCUT2D eigenvalue weighted by Crippen LogP contribution is -2.42. The molecular weight excluding hydrogens is 306 g/mol. The van der Waals surface area contributed by atoms with Crippen LogP contribution in [0.3, 0.4) is 0 Å². The first-order chi connectivity index (χ1) is 10.7. The van der Waals surface area contributed by atoms with Crippen molar-refractivity contribution in [3.63, 3.8) is 0 Å². The van der Waals surface area contributed by atoms with Crippen molar-refractivity contribution in [1.82, 2.24) is 5.23 Å². The standard InChI is InChI=1S/C19H31NO4/c1-9-19(8,16(22)20(23)24)12-10-13(17(2,3)4)15(21)14(11-12)18(5,6)7/h10-11,21,23-24H,9H2,1-8H3. The number of carbonyl (C=O) groups excluding carboxylic acids is 1. The first-order valence-corrected chi connectivity index (χ1v) is 8.27. The molecule has 5 nitrogen and oxygen atoms in total. The lowest BCUT2D eigenvalue weighted by atomic mass is 9.72. The van der Waals surface area contributed by atoms with Crippen LogP contribution < -0.4 is 0 Å². The molecule has 1 aromatic rings. The SMILES string of the molecule is CCC(C)(C(=O)N(O)O)c1cc(C(C)(C)C)c(O)c(C(C)(C)C)c1. The molecule has 1 aromatic carbocycles. The maximum Gasteiger partial charge on any atom is 0.283 e. The number of aromatic hydroxyl groups is 1. The molecule has 0 heterocycles. The highest BCUT2D eigenvalue weighted by Crippen LogP contribution is 2.43. The van der Waals surface area contributed by atoms with Gasteiger partial charge in [-0.3, -0.25) is 15.2 Å². The molecule has 1 unspecified atom stereocenters. The molecule has 0 radical (unpaired) electrons. The Morgan fingerprint density at radius 3 is 1.58 bits per heavy atom. The van der Waals surface area contributed by atoms with Crippen molar-refractivity contribution in [1.29, 1.82) is 0 Å². The highest BCUT2D eigenvalue weighted by Gasteiger charge is 2.39. The monoisotopic (exact) mass is 337 g/mol. The molecule has 0 aliphatic carbocycles. The van der Waals surface area contributed by atoms with Crippen LogP contribution >= 0.6 is 0 Å². The maximum absolute atomic E-state index is 12.4. The second kappa shape index (κ2) is 6.37. The minimum atomic E-state index is -1.10. The number of phenols is 1. The van der Waals surface area contributed by atoms with E-state index in [9.17, 15) is 20.3 Å². The van der Waals surface area contributed by atoms with E-state index in [1.165, 1.54) is 0 Å². The van der Waals surface area contributed by atoms with Gasteiger partial charge in [0.05, 0.1) is 5.41 Å². The third-order valence-corrected chi connectivity index (χ3v) is 4.72. The van der Waals surface area contributed by atoms with Crippen LogP contribution in [0.4, 0.5) is 0 Å². The third-order valence-electron chi connectivity index (χ3n) is 4.72. The maximum atomic E-state index is 12.4. The van der Waals surface area contributed by atoms with Crippen LogP contribution in [0.25, 0.3) is 0 Å². The summed E-state index contributed by atoms with van der Waals surface area (Å²) in [6.07, 6.45) is 0.390. The Morgan fingerprint density at radius 1 is 0.958 bits per heavy atom. The van der Waals surface area contributed by atoms with Crippen molar-refractivity contribution >= 4 is 5.91 Å². The van der Waals surface area contributed by atoms with Gasteiger partial charge in [-0.05, 0) is 40.9 Å². The number of phenolic OH excluding ortho intramolecular Hbond substituents is 1. The summed E-state index contributed by atoms with van der Waals surface area (Å²) < 4.78 is 0. The molecule has 0 aliphatic heterocycles. The quantitative estimate of drug-likeness (QED) is 0.568. The molecule has 24 heavy (non-hydrogen) atoms. The largest absolute Gasteiger partial charge is 0.507 e. The fourth-order valence-corrected chi connectivity index (χ4v) is 2.80. The van der Waals surface area contributed by atoms with Crippen LogP contribution in [0.2, 0.25) is 0 Å². The summed E-state index contributed by atoms with van der Waals surface area (Å²) in [4.78, 5) is 12.4. The zero-order valence-electron chi connectivity index (χ0n) is 16.1. The number of benzene rings is 1. The van der Waals surface area contributed by atoms with Crippen molar-refractivity contribution < 1.29 is 20.3 Å². The number of hydroxylamine groups is 2. The van der Waals surface area contributed by atoms with E-state index < -0.39 is 11.3 Å². The average molecular weight is 337 g/mol. The lowest BCUT2D eigenvalue weighted by Gasteiger charge is -2.33. The molecule has 0 fully saturated rings. The molecule has 1 atom stereocenters. The van der Waals surface area contributed by atoms with E-state index in [1.807, 2.05) is 48.5 Å². The van der Waals surface area contributed by atoms with Gasteiger partial charge in [0.2, 0.25) is 0 Å². The van der Waals surface area contributed by atoms with Crippen molar-refractivity contribution in [3.8, 4) is 5.75 Å². The van der Waals surface area contributed by atoms with Crippen molar-refractivity contribution in [2.45, 2.75) is 78.1 Å². The molecule has 0 saturated heterocycles. The van der Waals surface area contributed by atoms with Gasteiger partial charge in [0.15, 0.2) is 0 Å². The second-order valence-corrected chi connectivity index (χ2v) is 8.70. The molecule has 5 heteroatoms. The Hall–Kier alpha value is -1.59. The van der Waals surface area contributed by atoms with E-state index in [0.717, 1.165) is 11.1 Å². The van der Waals surface area contributed by atoms with E-state index in [1.54, 1.807) is 19.1 Å². The zero-order valence-corrected chi connectivity index (χ0v) is 16.1. The predicted molar refractivity (Wildman–Crippen MR) is 93.6 cm³/mol. The molecule has 0 spiro atoms. The summed E-state index contributed by atoms with van der Waals surface area (Å²) in [5.74, 6) is -0.565. The van der Waals surface area contributed by atoms with E-state index in [2.05, 4.69) is 0 Å². The Bertz CT molecular complexity index is 588. The molecule has 136 valence electrons. The van der Waals surface area contributed by atoms with Crippen molar-refractivity contribution in [2.75, 3.05) is 0 Å². The summed E-state index contributed by atoms with van der Waals surface area (Å²) in [5.41, 5.74) is 0.388. The van der Waals surface area contributed by atoms with Gasteiger partial charge >= 0.3 is 0 Å². The fraction of sp³-hybridized carbons (Fsp3) is 0.632. The van der Waals surface area contributed by atoms with Gasteiger partial charge in [-0.2, -0.15) is 0 Å². The molecule has 0 aromatic heterocycles. The van der Waals surface area contributed by atoms with Crippen LogP contribution in [0.5, 0.6) is 5.75 Å². The molecule has 1 rings (SSSR count). The van der Waals surface area contributed by atoms with Gasteiger partial charge in [-0.25, -0.2) is 0 Å². The minimum absolute atomic E-state index is 0.231. The number of rotatable bonds is 3. The number of hydrogen-bond donors (Lipinski definition) is 3. The number of hydrogen-bond acceptors (Lipinski definition) is 4. The van der Waals surface area contributed by atoms with Crippen LogP contribution in [0.1, 0.15) is 78.5 Å². The van der Waals surface area contributed by atoms with Gasteiger partial charge < -0.3 is 5.11 Å². The summed E-state index contributed by atoms with van der Waals surface area (Å²) in [6.45, 7) is 15.5. The molecule has 3 N–H and O–H groups in total. The van der Waals surface area contributed by atoms with Gasteiger partial charge in [0, 0.05) is 0 Å². The van der Waals surface area contributed by atoms with Crippen molar-refractivity contribution in [3.05, 3.63) is 28.8 Å². The fourth-order valence-electron chi connectivity index (χ4n) is 2.80. The Balaban J connectivity index is 3.80. The zero-order chi connectivity index (χ0) is 19.1. The average Bonchev–Trinajstić information content (AvgIpc) is 2.43. The number of nitrogens with zero attached hydrogens (tertiary/aromatic N) is 1. The van der Waals surface area contributed by atoms with E-state index in [4.69, 9.17) is 0 Å². The van der Waals surface area contributed by atoms with Gasteiger partial charge in [0.25, 0.3) is 5.91 Å². The van der Waals surface area contributed by atoms with Crippen LogP contribution in [-0.4, -0.2) is 26.7 Å². The molecule has 0 bridgehead atoms. The number of amides is 1. The van der Waals surface area contributed by atoms with Gasteiger partial charge in [-0.15, -0.1) is 0 Å². The highest BCUT2D eigenvalue weighted by molar-refractivity contribution is 5.86. The topological polar surface area (TPSA) is 81.0 Å². The van der Waals surface area contributed by atoms with Gasteiger partial charge in [0.1, 0.15) is 5.75 Å². The molecule has 0 aliphatic rings. The van der Waals surface area contributed by atoms with Crippen LogP contribution in [0.15, 0.2) is 12.1 Å². The smallest absolute Gasteiger partial charge is 0.283 e. The Kier molecular flexibility index (Phi) is 5.43. The van der Waals surface area contributed by atoms with E-state index >= 15 is 0 Å². The van der Waals surface area contributed by atoms with E-state index in [0.29, 0.717) is 12.0 Å². The molecule has 0 saturated carbocycles. The first kappa shape index (κ1) is 20.5. The normalized spacial score (nSPS) is 15.1. The number of carbonyl (C=O) groups is 1. The molecule has 1 amide bonds. The highest BCUT2D eigenvalue weighted by atomic mass is 16.8. The third kappa shape index (κ3) is 3.73. The Labute approximate surface area is 144 Å². The summed E-state index contributed by atoms with van der Waals surface area (Å²) in [7, 11) is 0. The van der Waals surface area contributed by atoms with Gasteiger partial charge in [-0.1, -0.05) is 65.8 Å². The Morgan fingerprint density at radius 2 is 1.33 bits per heavy atom. The minimum Gasteiger partial charge on any atom is -0.507 e. The lowest BCUT2D eigenvalue weighted by molar-refractivity contribution is -0.289. The summed E-state index contributed by atoms with van der Waals surface area (Å²) in [5, 5.41) is 28.9. The van der Waals surface area contributed by atoms with Crippen LogP contribution in [0, 0.1) is 0 Å². The van der Waals surface area contributed by atoms with Crippen LogP contribution in [-0.2, 0) is 21.0 Å². The summed E-state index contributed by atoms with van der Waals surface area (Å²) >= 11 is 0. The molecular formula is C19H31NO4. The first-order valence-electron chi connectivity index (χ1n) is 8.27.